The van der Waals surface area contributed by atoms with Crippen LogP contribution in [-0.4, -0.2) is 39.7 Å². The highest BCUT2D eigenvalue weighted by molar-refractivity contribution is 6.31. The van der Waals surface area contributed by atoms with E-state index in [1.54, 1.807) is 6.07 Å². The molecule has 1 spiro atoms. The van der Waals surface area contributed by atoms with Gasteiger partial charge in [0.2, 0.25) is 0 Å². The molecule has 2 aliphatic carbocycles. The van der Waals surface area contributed by atoms with Crippen molar-refractivity contribution in [2.75, 3.05) is 18.5 Å². The number of carbonyl (C=O) groups is 1. The van der Waals surface area contributed by atoms with E-state index in [9.17, 15) is 14.3 Å². The van der Waals surface area contributed by atoms with Crippen LogP contribution in [0.2, 0.25) is 5.02 Å². The Labute approximate surface area is 258 Å². The van der Waals surface area contributed by atoms with Crippen molar-refractivity contribution in [2.45, 2.75) is 89.3 Å². The number of aliphatic carboxylic acids is 1. The summed E-state index contributed by atoms with van der Waals surface area (Å²) in [6.07, 6.45) is 7.34. The van der Waals surface area contributed by atoms with Gasteiger partial charge in [0.05, 0.1) is 6.61 Å². The Morgan fingerprint density at radius 2 is 2.02 bits per heavy atom. The minimum absolute atomic E-state index is 0.206. The number of ether oxygens (including phenoxy) is 1. The maximum atomic E-state index is 14.4. The first-order valence-corrected chi connectivity index (χ1v) is 15.9. The normalized spacial score (nSPS) is 25.7. The molecule has 3 aliphatic rings. The summed E-state index contributed by atoms with van der Waals surface area (Å²) in [7, 11) is 0. The van der Waals surface area contributed by atoms with Crippen molar-refractivity contribution in [1.29, 1.82) is 0 Å². The summed E-state index contributed by atoms with van der Waals surface area (Å²) < 4.78 is 20.8. The lowest BCUT2D eigenvalue weighted by atomic mass is 9.69. The lowest BCUT2D eigenvalue weighted by Gasteiger charge is -2.48. The van der Waals surface area contributed by atoms with E-state index >= 15 is 0 Å². The number of fused-ring (bicyclic) bond motifs is 3. The second-order valence-electron chi connectivity index (χ2n) is 13.0. The SMILES string of the molecule is Cc1c(Cl)cccc1NC1(C(=O)O)CCC2(CC1)c1ccc(F)cc1CN2C[C@@H](C)COc1ccnc2c1[C@H](C)CCC2. The molecule has 3 aromatic rings. The van der Waals surface area contributed by atoms with Gasteiger partial charge in [0.1, 0.15) is 17.1 Å². The van der Waals surface area contributed by atoms with Crippen molar-refractivity contribution < 1.29 is 19.0 Å². The molecule has 1 aliphatic heterocycles. The number of nitrogens with zero attached hydrogens (tertiary/aromatic N) is 2. The molecule has 2 heterocycles. The molecular weight excluding hydrogens is 565 g/mol. The average Bonchev–Trinajstić information content (AvgIpc) is 3.26. The first kappa shape index (κ1) is 29.9. The Hall–Kier alpha value is -3.16. The molecule has 0 bridgehead atoms. The maximum absolute atomic E-state index is 14.4. The third-order valence-electron chi connectivity index (χ3n) is 10.1. The molecule has 0 radical (unpaired) electrons. The van der Waals surface area contributed by atoms with Gasteiger partial charge in [-0.15, -0.1) is 0 Å². The maximum Gasteiger partial charge on any atom is 0.329 e. The second kappa shape index (κ2) is 11.7. The van der Waals surface area contributed by atoms with Gasteiger partial charge in [-0.1, -0.05) is 37.6 Å². The monoisotopic (exact) mass is 605 g/mol. The Balaban J connectivity index is 1.22. The van der Waals surface area contributed by atoms with Gasteiger partial charge in [-0.05, 0) is 105 Å². The van der Waals surface area contributed by atoms with Gasteiger partial charge < -0.3 is 15.2 Å². The zero-order valence-corrected chi connectivity index (χ0v) is 26.0. The number of carboxylic acids is 1. The third kappa shape index (κ3) is 5.51. The molecule has 1 saturated carbocycles. The van der Waals surface area contributed by atoms with E-state index in [-0.39, 0.29) is 17.3 Å². The number of halogens is 2. The number of nitrogens with one attached hydrogen (secondary N) is 1. The molecule has 43 heavy (non-hydrogen) atoms. The molecular formula is C35H41ClFN3O3. The number of hydrogen-bond acceptors (Lipinski definition) is 5. The number of carboxylic acid groups (broad SMARTS) is 1. The molecule has 1 fully saturated rings. The largest absolute Gasteiger partial charge is 0.493 e. The molecule has 8 heteroatoms. The highest BCUT2D eigenvalue weighted by atomic mass is 35.5. The van der Waals surface area contributed by atoms with Gasteiger partial charge in [0.15, 0.2) is 0 Å². The zero-order chi connectivity index (χ0) is 30.4. The quantitative estimate of drug-likeness (QED) is 0.272. The molecule has 0 amide bonds. The van der Waals surface area contributed by atoms with Crippen molar-refractivity contribution in [1.82, 2.24) is 9.88 Å². The van der Waals surface area contributed by atoms with Crippen molar-refractivity contribution in [3.63, 3.8) is 0 Å². The van der Waals surface area contributed by atoms with Gasteiger partial charge in [0, 0.05) is 52.7 Å². The van der Waals surface area contributed by atoms with E-state index < -0.39 is 11.5 Å². The fraction of sp³-hybridized carbons (Fsp3) is 0.486. The molecule has 0 saturated heterocycles. The number of aryl methyl sites for hydroxylation is 1. The third-order valence-corrected chi connectivity index (χ3v) is 10.6. The van der Waals surface area contributed by atoms with E-state index in [1.165, 1.54) is 11.6 Å². The van der Waals surface area contributed by atoms with E-state index in [4.69, 9.17) is 16.3 Å². The minimum atomic E-state index is -1.11. The molecule has 2 N–H and O–H groups in total. The fourth-order valence-electron chi connectivity index (χ4n) is 7.71. The Kier molecular flexibility index (Phi) is 8.16. The standard InChI is InChI=1S/C35H41ClFN3O3/c1-22(21-43-31-12-17-38-30-9-4-6-23(2)32(30)31)19-40-20-25-18-26(37)10-11-27(25)35(40)15-13-34(14-16-35,33(41)42)39-29-8-5-7-28(36)24(29)3/h5,7-8,10-12,17-18,22-23,39H,4,6,9,13-16,19-21H2,1-3H3,(H,41,42)/t22-,23-,34?,35?/m1/s1. The zero-order valence-electron chi connectivity index (χ0n) is 25.3. The number of rotatable bonds is 8. The van der Waals surface area contributed by atoms with Crippen LogP contribution in [0.15, 0.2) is 48.7 Å². The molecule has 6 nitrogen and oxygen atoms in total. The van der Waals surface area contributed by atoms with Gasteiger partial charge >= 0.3 is 5.97 Å². The smallest absolute Gasteiger partial charge is 0.329 e. The van der Waals surface area contributed by atoms with Crippen molar-refractivity contribution in [2.24, 2.45) is 5.92 Å². The van der Waals surface area contributed by atoms with Crippen molar-refractivity contribution >= 4 is 23.3 Å². The molecule has 228 valence electrons. The molecule has 2 atom stereocenters. The van der Waals surface area contributed by atoms with Crippen LogP contribution in [0.25, 0.3) is 0 Å². The van der Waals surface area contributed by atoms with Gasteiger partial charge in [-0.25, -0.2) is 9.18 Å². The van der Waals surface area contributed by atoms with E-state index in [0.29, 0.717) is 49.8 Å². The van der Waals surface area contributed by atoms with Gasteiger partial charge in [-0.3, -0.25) is 9.88 Å². The molecule has 6 rings (SSSR count). The van der Waals surface area contributed by atoms with E-state index in [1.807, 2.05) is 43.5 Å². The van der Waals surface area contributed by atoms with Crippen LogP contribution >= 0.6 is 11.6 Å². The predicted molar refractivity (Wildman–Crippen MR) is 167 cm³/mol. The number of hydrogen-bond donors (Lipinski definition) is 2. The van der Waals surface area contributed by atoms with Crippen molar-refractivity contribution in [3.8, 4) is 5.75 Å². The number of benzene rings is 2. The summed E-state index contributed by atoms with van der Waals surface area (Å²) >= 11 is 6.36. The summed E-state index contributed by atoms with van der Waals surface area (Å²) in [6, 6.07) is 12.6. The number of aromatic nitrogens is 1. The molecule has 2 aromatic carbocycles. The van der Waals surface area contributed by atoms with E-state index in [2.05, 4.69) is 29.0 Å². The highest BCUT2D eigenvalue weighted by Crippen LogP contribution is 2.52. The van der Waals surface area contributed by atoms with Crippen LogP contribution in [0.1, 0.15) is 86.2 Å². The minimum Gasteiger partial charge on any atom is -0.493 e. The lowest BCUT2D eigenvalue weighted by molar-refractivity contribution is -0.145. The average molecular weight is 606 g/mol. The first-order chi connectivity index (χ1) is 20.6. The van der Waals surface area contributed by atoms with Crippen LogP contribution in [0.3, 0.4) is 0 Å². The molecule has 0 unspecified atom stereocenters. The van der Waals surface area contributed by atoms with Crippen LogP contribution < -0.4 is 10.1 Å². The predicted octanol–water partition coefficient (Wildman–Crippen LogP) is 7.86. The van der Waals surface area contributed by atoms with Gasteiger partial charge in [-0.2, -0.15) is 0 Å². The van der Waals surface area contributed by atoms with Crippen LogP contribution in [-0.2, 0) is 23.3 Å². The summed E-state index contributed by atoms with van der Waals surface area (Å²) in [5, 5.41) is 14.5. The lowest BCUT2D eigenvalue weighted by Crippen LogP contribution is -2.55. The van der Waals surface area contributed by atoms with Gasteiger partial charge in [0.25, 0.3) is 0 Å². The van der Waals surface area contributed by atoms with Crippen LogP contribution in [0, 0.1) is 18.7 Å². The summed E-state index contributed by atoms with van der Waals surface area (Å²) in [5.41, 5.74) is 4.64. The number of pyridine rings is 1. The number of anilines is 1. The second-order valence-corrected chi connectivity index (χ2v) is 13.4. The Morgan fingerprint density at radius 1 is 1.23 bits per heavy atom. The fourth-order valence-corrected chi connectivity index (χ4v) is 7.89. The molecule has 1 aromatic heterocycles. The Bertz CT molecular complexity index is 1520. The first-order valence-electron chi connectivity index (χ1n) is 15.5. The summed E-state index contributed by atoms with van der Waals surface area (Å²) in [6.45, 7) is 8.32. The van der Waals surface area contributed by atoms with E-state index in [0.717, 1.165) is 59.6 Å². The summed E-state index contributed by atoms with van der Waals surface area (Å²) in [5.74, 6) is 0.490. The van der Waals surface area contributed by atoms with Crippen LogP contribution in [0.5, 0.6) is 5.75 Å². The Morgan fingerprint density at radius 3 is 2.79 bits per heavy atom. The van der Waals surface area contributed by atoms with Crippen molar-refractivity contribution in [3.05, 3.63) is 87.4 Å². The van der Waals surface area contributed by atoms with Crippen LogP contribution in [0.4, 0.5) is 10.1 Å². The topological polar surface area (TPSA) is 74.7 Å². The summed E-state index contributed by atoms with van der Waals surface area (Å²) in [4.78, 5) is 19.9. The highest BCUT2D eigenvalue weighted by Gasteiger charge is 2.53.